The molecule has 3 atom stereocenters. The SMILES string of the molecule is Oc1cccc(C2CC=CCC3C=CC=CC32)c1. The number of allylic oxidation sites excluding steroid dienone is 6. The number of hydrogen-bond donors (Lipinski definition) is 1. The van der Waals surface area contributed by atoms with Gasteiger partial charge >= 0.3 is 0 Å². The van der Waals surface area contributed by atoms with Crippen LogP contribution in [-0.2, 0) is 0 Å². The maximum absolute atomic E-state index is 9.66. The van der Waals surface area contributed by atoms with Gasteiger partial charge in [0.05, 0.1) is 0 Å². The number of benzene rings is 1. The van der Waals surface area contributed by atoms with E-state index in [0.29, 0.717) is 23.5 Å². The molecule has 0 radical (unpaired) electrons. The van der Waals surface area contributed by atoms with Gasteiger partial charge < -0.3 is 5.11 Å². The van der Waals surface area contributed by atoms with Gasteiger partial charge in [-0.25, -0.2) is 0 Å². The minimum atomic E-state index is 0.368. The third-order valence-corrected chi connectivity index (χ3v) is 4.03. The van der Waals surface area contributed by atoms with E-state index in [1.165, 1.54) is 5.56 Å². The molecule has 1 nitrogen and oxygen atoms in total. The zero-order valence-electron chi connectivity index (χ0n) is 10.4. The molecule has 2 aliphatic rings. The van der Waals surface area contributed by atoms with Crippen molar-refractivity contribution in [2.24, 2.45) is 11.8 Å². The van der Waals surface area contributed by atoms with Gasteiger partial charge in [0.25, 0.3) is 0 Å². The first-order valence-corrected chi connectivity index (χ1v) is 6.63. The molecule has 0 aliphatic heterocycles. The summed E-state index contributed by atoms with van der Waals surface area (Å²) in [5.74, 6) is 1.99. The number of phenols is 1. The van der Waals surface area contributed by atoms with Gasteiger partial charge in [0.1, 0.15) is 5.75 Å². The van der Waals surface area contributed by atoms with Crippen molar-refractivity contribution >= 4 is 0 Å². The molecule has 1 aromatic rings. The first-order chi connectivity index (χ1) is 8.84. The van der Waals surface area contributed by atoms with Gasteiger partial charge in [0.15, 0.2) is 0 Å². The van der Waals surface area contributed by atoms with Crippen LogP contribution in [0.1, 0.15) is 24.3 Å². The number of rotatable bonds is 1. The Morgan fingerprint density at radius 1 is 1.00 bits per heavy atom. The highest BCUT2D eigenvalue weighted by Gasteiger charge is 2.28. The van der Waals surface area contributed by atoms with Crippen molar-refractivity contribution < 1.29 is 5.11 Å². The van der Waals surface area contributed by atoms with Crippen molar-refractivity contribution in [1.82, 2.24) is 0 Å². The van der Waals surface area contributed by atoms with Gasteiger partial charge in [-0.05, 0) is 48.3 Å². The lowest BCUT2D eigenvalue weighted by atomic mass is 9.75. The van der Waals surface area contributed by atoms with Crippen LogP contribution in [0, 0.1) is 11.8 Å². The normalized spacial score (nSPS) is 29.9. The molecule has 0 amide bonds. The Labute approximate surface area is 108 Å². The molecule has 1 aromatic carbocycles. The Morgan fingerprint density at radius 2 is 1.83 bits per heavy atom. The van der Waals surface area contributed by atoms with Crippen molar-refractivity contribution in [3.8, 4) is 5.75 Å². The fourth-order valence-electron chi connectivity index (χ4n) is 3.11. The Hall–Kier alpha value is -1.76. The first-order valence-electron chi connectivity index (χ1n) is 6.63. The number of hydrogen-bond acceptors (Lipinski definition) is 1. The lowest BCUT2D eigenvalue weighted by molar-refractivity contribution is 0.403. The summed E-state index contributed by atoms with van der Waals surface area (Å²) in [5.41, 5.74) is 1.25. The van der Waals surface area contributed by atoms with Crippen LogP contribution in [0.3, 0.4) is 0 Å². The lowest BCUT2D eigenvalue weighted by Crippen LogP contribution is -2.19. The van der Waals surface area contributed by atoms with E-state index in [0.717, 1.165) is 12.8 Å². The average molecular weight is 238 g/mol. The van der Waals surface area contributed by atoms with Crippen LogP contribution in [0.4, 0.5) is 0 Å². The minimum absolute atomic E-state index is 0.368. The van der Waals surface area contributed by atoms with Crippen LogP contribution in [-0.4, -0.2) is 5.11 Å². The molecule has 0 heterocycles. The summed E-state index contributed by atoms with van der Waals surface area (Å²) in [6.45, 7) is 0. The maximum Gasteiger partial charge on any atom is 0.115 e. The van der Waals surface area contributed by atoms with E-state index in [9.17, 15) is 5.11 Å². The van der Waals surface area contributed by atoms with Crippen LogP contribution in [0.2, 0.25) is 0 Å². The highest BCUT2D eigenvalue weighted by molar-refractivity contribution is 5.33. The van der Waals surface area contributed by atoms with E-state index in [1.807, 2.05) is 12.1 Å². The second kappa shape index (κ2) is 4.85. The Kier molecular flexibility index (Phi) is 3.06. The molecule has 0 aromatic heterocycles. The van der Waals surface area contributed by atoms with Gasteiger partial charge in [-0.15, -0.1) is 0 Å². The monoisotopic (exact) mass is 238 g/mol. The second-order valence-corrected chi connectivity index (χ2v) is 5.16. The first kappa shape index (κ1) is 11.3. The predicted molar refractivity (Wildman–Crippen MR) is 74.5 cm³/mol. The van der Waals surface area contributed by atoms with Crippen molar-refractivity contribution in [2.75, 3.05) is 0 Å². The minimum Gasteiger partial charge on any atom is -0.508 e. The molecule has 3 rings (SSSR count). The average Bonchev–Trinajstić information content (AvgIpc) is 2.61. The Morgan fingerprint density at radius 3 is 2.72 bits per heavy atom. The summed E-state index contributed by atoms with van der Waals surface area (Å²) >= 11 is 0. The lowest BCUT2D eigenvalue weighted by Gasteiger charge is -2.29. The summed E-state index contributed by atoms with van der Waals surface area (Å²) < 4.78 is 0. The fourth-order valence-corrected chi connectivity index (χ4v) is 3.11. The molecule has 0 bridgehead atoms. The molecule has 3 unspecified atom stereocenters. The summed E-state index contributed by atoms with van der Waals surface area (Å²) in [4.78, 5) is 0. The molecule has 0 spiro atoms. The van der Waals surface area contributed by atoms with Crippen LogP contribution in [0.25, 0.3) is 0 Å². The molecule has 0 saturated carbocycles. The molecule has 1 heteroatoms. The van der Waals surface area contributed by atoms with E-state index in [1.54, 1.807) is 6.07 Å². The third kappa shape index (κ3) is 2.13. The summed E-state index contributed by atoms with van der Waals surface area (Å²) in [5, 5.41) is 9.66. The molecule has 1 N–H and O–H groups in total. The molecule has 0 saturated heterocycles. The van der Waals surface area contributed by atoms with Crippen molar-refractivity contribution in [3.05, 3.63) is 66.3 Å². The van der Waals surface area contributed by atoms with Crippen molar-refractivity contribution in [3.63, 3.8) is 0 Å². The Bertz CT molecular complexity index is 510. The molecule has 18 heavy (non-hydrogen) atoms. The largest absolute Gasteiger partial charge is 0.508 e. The van der Waals surface area contributed by atoms with E-state index in [-0.39, 0.29) is 0 Å². The summed E-state index contributed by atoms with van der Waals surface area (Å²) in [6.07, 6.45) is 15.7. The highest BCUT2D eigenvalue weighted by atomic mass is 16.3. The zero-order valence-corrected chi connectivity index (χ0v) is 10.4. The van der Waals surface area contributed by atoms with Gasteiger partial charge in [0, 0.05) is 0 Å². The molecular formula is C17H18O. The van der Waals surface area contributed by atoms with Gasteiger partial charge in [-0.2, -0.15) is 0 Å². The zero-order chi connectivity index (χ0) is 12.4. The highest BCUT2D eigenvalue weighted by Crippen LogP contribution is 2.41. The predicted octanol–water partition coefficient (Wildman–Crippen LogP) is 4.18. The molecular weight excluding hydrogens is 220 g/mol. The molecule has 0 fully saturated rings. The summed E-state index contributed by atoms with van der Waals surface area (Å²) in [7, 11) is 0. The number of fused-ring (bicyclic) bond motifs is 1. The van der Waals surface area contributed by atoms with E-state index < -0.39 is 0 Å². The number of aromatic hydroxyl groups is 1. The standard InChI is InChI=1S/C17H18O/c18-15-9-5-8-14(12-15)17-11-4-2-7-13-6-1-3-10-16(13)17/h1-6,8-10,12-13,16-18H,7,11H2. The quantitative estimate of drug-likeness (QED) is 0.727. The van der Waals surface area contributed by atoms with Gasteiger partial charge in [0.2, 0.25) is 0 Å². The smallest absolute Gasteiger partial charge is 0.115 e. The van der Waals surface area contributed by atoms with Crippen LogP contribution in [0.15, 0.2) is 60.7 Å². The fraction of sp³-hybridized carbons (Fsp3) is 0.294. The van der Waals surface area contributed by atoms with Crippen LogP contribution >= 0.6 is 0 Å². The third-order valence-electron chi connectivity index (χ3n) is 4.03. The van der Waals surface area contributed by atoms with Crippen molar-refractivity contribution in [1.29, 1.82) is 0 Å². The van der Waals surface area contributed by atoms with Gasteiger partial charge in [-0.1, -0.05) is 48.6 Å². The van der Waals surface area contributed by atoms with E-state index >= 15 is 0 Å². The van der Waals surface area contributed by atoms with E-state index in [2.05, 4.69) is 42.5 Å². The number of phenolic OH excluding ortho intramolecular Hbond substituents is 1. The Balaban J connectivity index is 1.96. The van der Waals surface area contributed by atoms with Gasteiger partial charge in [-0.3, -0.25) is 0 Å². The van der Waals surface area contributed by atoms with Crippen LogP contribution < -0.4 is 0 Å². The topological polar surface area (TPSA) is 20.2 Å². The van der Waals surface area contributed by atoms with Crippen molar-refractivity contribution in [2.45, 2.75) is 18.8 Å². The summed E-state index contributed by atoms with van der Waals surface area (Å²) in [6, 6.07) is 7.72. The second-order valence-electron chi connectivity index (χ2n) is 5.16. The van der Waals surface area contributed by atoms with Crippen LogP contribution in [0.5, 0.6) is 5.75 Å². The molecule has 92 valence electrons. The van der Waals surface area contributed by atoms with E-state index in [4.69, 9.17) is 0 Å². The maximum atomic E-state index is 9.66. The molecule has 2 aliphatic carbocycles.